The van der Waals surface area contributed by atoms with Gasteiger partial charge in [0.25, 0.3) is 0 Å². The number of hydrogen-bond acceptors (Lipinski definition) is 6. The maximum atomic E-state index is 10.9. The van der Waals surface area contributed by atoms with Gasteiger partial charge >= 0.3 is 0 Å². The Bertz CT molecular complexity index is 913. The van der Waals surface area contributed by atoms with E-state index in [0.717, 1.165) is 5.56 Å². The van der Waals surface area contributed by atoms with Gasteiger partial charge in [0.2, 0.25) is 0 Å². The number of phenols is 2. The normalized spacial score (nSPS) is 11.3. The second-order valence-corrected chi connectivity index (χ2v) is 6.94. The van der Waals surface area contributed by atoms with Crippen LogP contribution in [0.4, 0.5) is 0 Å². The highest BCUT2D eigenvalue weighted by Gasteiger charge is 2.40. The minimum atomic E-state index is -1.08. The van der Waals surface area contributed by atoms with E-state index in [9.17, 15) is 20.4 Å². The SMILES string of the molecule is CC(c1ccccc1)(c1c(O)cccc1OCCO)c1c(O)cccc1OCCO. The van der Waals surface area contributed by atoms with E-state index in [-0.39, 0.29) is 37.9 Å². The van der Waals surface area contributed by atoms with Crippen LogP contribution in [0, 0.1) is 0 Å². The first-order valence-electron chi connectivity index (χ1n) is 9.71. The Balaban J connectivity index is 2.35. The van der Waals surface area contributed by atoms with E-state index in [2.05, 4.69) is 0 Å². The van der Waals surface area contributed by atoms with Crippen molar-refractivity contribution in [2.75, 3.05) is 26.4 Å². The zero-order chi connectivity index (χ0) is 21.6. The van der Waals surface area contributed by atoms with Gasteiger partial charge in [-0.3, -0.25) is 0 Å². The summed E-state index contributed by atoms with van der Waals surface area (Å²) in [7, 11) is 0. The lowest BCUT2D eigenvalue weighted by atomic mass is 9.69. The van der Waals surface area contributed by atoms with Crippen LogP contribution in [0.15, 0.2) is 66.7 Å². The summed E-state index contributed by atoms with van der Waals surface area (Å²) in [5.74, 6) is 0.722. The highest BCUT2D eigenvalue weighted by Crippen LogP contribution is 2.52. The van der Waals surface area contributed by atoms with Crippen LogP contribution in [0.1, 0.15) is 23.6 Å². The Morgan fingerprint density at radius 3 is 1.57 bits per heavy atom. The fraction of sp³-hybridized carbons (Fsp3) is 0.250. The van der Waals surface area contributed by atoms with Gasteiger partial charge < -0.3 is 29.9 Å². The van der Waals surface area contributed by atoms with Gasteiger partial charge in [-0.05, 0) is 36.8 Å². The summed E-state index contributed by atoms with van der Waals surface area (Å²) >= 11 is 0. The van der Waals surface area contributed by atoms with Gasteiger partial charge in [-0.25, -0.2) is 0 Å². The first-order valence-corrected chi connectivity index (χ1v) is 9.71. The molecular formula is C24H26O6. The molecule has 0 atom stereocenters. The minimum Gasteiger partial charge on any atom is -0.507 e. The Labute approximate surface area is 175 Å². The van der Waals surface area contributed by atoms with Gasteiger partial charge in [-0.2, -0.15) is 0 Å². The predicted molar refractivity (Wildman–Crippen MR) is 113 cm³/mol. The van der Waals surface area contributed by atoms with Gasteiger partial charge in [-0.15, -0.1) is 0 Å². The molecule has 0 bridgehead atoms. The molecule has 3 aromatic carbocycles. The number of aliphatic hydroxyl groups is 2. The van der Waals surface area contributed by atoms with Crippen molar-refractivity contribution in [3.63, 3.8) is 0 Å². The molecule has 0 radical (unpaired) electrons. The first kappa shape index (κ1) is 21.5. The summed E-state index contributed by atoms with van der Waals surface area (Å²) in [6.07, 6.45) is 0. The van der Waals surface area contributed by atoms with Crippen LogP contribution < -0.4 is 9.47 Å². The smallest absolute Gasteiger partial charge is 0.127 e. The summed E-state index contributed by atoms with van der Waals surface area (Å²) in [5, 5.41) is 40.3. The Kier molecular flexibility index (Phi) is 6.82. The van der Waals surface area contributed by atoms with Gasteiger partial charge in [0, 0.05) is 0 Å². The second-order valence-electron chi connectivity index (χ2n) is 6.94. The van der Waals surface area contributed by atoms with Crippen molar-refractivity contribution in [3.05, 3.63) is 83.4 Å². The molecule has 0 heterocycles. The molecule has 6 nitrogen and oxygen atoms in total. The van der Waals surface area contributed by atoms with Gasteiger partial charge in [-0.1, -0.05) is 42.5 Å². The van der Waals surface area contributed by atoms with Crippen LogP contribution in [-0.4, -0.2) is 46.9 Å². The number of phenolic OH excluding ortho intramolecular Hbond substituents is 2. The van der Waals surface area contributed by atoms with E-state index < -0.39 is 5.41 Å². The fourth-order valence-electron chi connectivity index (χ4n) is 3.78. The third-order valence-corrected chi connectivity index (χ3v) is 5.06. The second kappa shape index (κ2) is 9.52. The molecule has 0 saturated heterocycles. The quantitative estimate of drug-likeness (QED) is 0.405. The minimum absolute atomic E-state index is 0.0202. The number of benzene rings is 3. The van der Waals surface area contributed by atoms with E-state index >= 15 is 0 Å². The van der Waals surface area contributed by atoms with Crippen molar-refractivity contribution in [1.29, 1.82) is 0 Å². The maximum Gasteiger partial charge on any atom is 0.127 e. The van der Waals surface area contributed by atoms with E-state index in [0.29, 0.717) is 22.6 Å². The van der Waals surface area contributed by atoms with Crippen LogP contribution in [0.2, 0.25) is 0 Å². The fourth-order valence-corrected chi connectivity index (χ4v) is 3.78. The summed E-state index contributed by atoms with van der Waals surface area (Å²) < 4.78 is 11.5. The average molecular weight is 410 g/mol. The monoisotopic (exact) mass is 410 g/mol. The van der Waals surface area contributed by atoms with Crippen LogP contribution in [0.5, 0.6) is 23.0 Å². The molecule has 0 amide bonds. The van der Waals surface area contributed by atoms with Crippen LogP contribution >= 0.6 is 0 Å². The van der Waals surface area contributed by atoms with Crippen molar-refractivity contribution in [2.45, 2.75) is 12.3 Å². The molecule has 3 rings (SSSR count). The number of hydrogen-bond donors (Lipinski definition) is 4. The predicted octanol–water partition coefficient (Wildman–Crippen LogP) is 3.19. The van der Waals surface area contributed by atoms with E-state index in [4.69, 9.17) is 9.47 Å². The molecule has 0 aliphatic carbocycles. The molecule has 0 spiro atoms. The van der Waals surface area contributed by atoms with Crippen LogP contribution in [0.25, 0.3) is 0 Å². The van der Waals surface area contributed by atoms with Crippen molar-refractivity contribution in [3.8, 4) is 23.0 Å². The molecule has 0 unspecified atom stereocenters. The molecule has 6 heteroatoms. The molecule has 4 N–H and O–H groups in total. The summed E-state index contributed by atoms with van der Waals surface area (Å²) in [6, 6.07) is 19.2. The summed E-state index contributed by atoms with van der Waals surface area (Å²) in [6.45, 7) is 1.60. The van der Waals surface area contributed by atoms with Gasteiger partial charge in [0.05, 0.1) is 29.8 Å². The molecule has 0 fully saturated rings. The van der Waals surface area contributed by atoms with E-state index in [1.807, 2.05) is 37.3 Å². The topological polar surface area (TPSA) is 99.4 Å². The zero-order valence-electron chi connectivity index (χ0n) is 16.8. The highest BCUT2D eigenvalue weighted by molar-refractivity contribution is 5.65. The third kappa shape index (κ3) is 4.06. The molecule has 30 heavy (non-hydrogen) atoms. The third-order valence-electron chi connectivity index (χ3n) is 5.06. The van der Waals surface area contributed by atoms with Crippen molar-refractivity contribution in [1.82, 2.24) is 0 Å². The maximum absolute atomic E-state index is 10.9. The standard InChI is InChI=1S/C24H26O6/c1-24(17-7-3-2-4-8-17,22-18(27)9-5-11-20(22)29-15-13-25)23-19(28)10-6-12-21(23)30-16-14-26/h2-12,25-28H,13-16H2,1H3. The largest absolute Gasteiger partial charge is 0.507 e. The van der Waals surface area contributed by atoms with Crippen molar-refractivity contribution >= 4 is 0 Å². The lowest BCUT2D eigenvalue weighted by molar-refractivity contribution is 0.196. The first-order chi connectivity index (χ1) is 14.5. The molecule has 0 aliphatic heterocycles. The summed E-state index contributed by atoms with van der Waals surface area (Å²) in [4.78, 5) is 0. The average Bonchev–Trinajstić information content (AvgIpc) is 2.76. The molecule has 3 aromatic rings. The number of ether oxygens (including phenoxy) is 2. The zero-order valence-corrected chi connectivity index (χ0v) is 16.8. The molecular weight excluding hydrogens is 384 g/mol. The van der Waals surface area contributed by atoms with Crippen LogP contribution in [0.3, 0.4) is 0 Å². The number of rotatable bonds is 9. The number of aromatic hydroxyl groups is 2. The van der Waals surface area contributed by atoms with Crippen molar-refractivity contribution < 1.29 is 29.9 Å². The van der Waals surface area contributed by atoms with Crippen LogP contribution in [-0.2, 0) is 5.41 Å². The van der Waals surface area contributed by atoms with Crippen molar-refractivity contribution in [2.24, 2.45) is 0 Å². The molecule has 0 saturated carbocycles. The van der Waals surface area contributed by atoms with Gasteiger partial charge in [0.1, 0.15) is 36.2 Å². The Hall–Kier alpha value is -3.22. The number of aliphatic hydroxyl groups excluding tert-OH is 2. The van der Waals surface area contributed by atoms with E-state index in [1.54, 1.807) is 36.4 Å². The Morgan fingerprint density at radius 2 is 1.13 bits per heavy atom. The Morgan fingerprint density at radius 1 is 0.667 bits per heavy atom. The molecule has 158 valence electrons. The van der Waals surface area contributed by atoms with Gasteiger partial charge in [0.15, 0.2) is 0 Å². The molecule has 0 aromatic heterocycles. The highest BCUT2D eigenvalue weighted by atomic mass is 16.5. The lowest BCUT2D eigenvalue weighted by Crippen LogP contribution is -2.28. The van der Waals surface area contributed by atoms with E-state index in [1.165, 1.54) is 0 Å². The lowest BCUT2D eigenvalue weighted by Gasteiger charge is -2.35. The molecule has 0 aliphatic rings. The summed E-state index contributed by atoms with van der Waals surface area (Å²) in [5.41, 5.74) is 0.573.